The van der Waals surface area contributed by atoms with Gasteiger partial charge in [0.25, 0.3) is 0 Å². The summed E-state index contributed by atoms with van der Waals surface area (Å²) in [6.45, 7) is -1.64. The Labute approximate surface area is 334 Å². The predicted molar refractivity (Wildman–Crippen MR) is 205 cm³/mol. The van der Waals surface area contributed by atoms with Gasteiger partial charge in [-0.3, -0.25) is 9.11 Å². The number of phenols is 2. The number of sulfone groups is 2. The van der Waals surface area contributed by atoms with Gasteiger partial charge in [-0.1, -0.05) is 24.3 Å². The number of rotatable bonds is 17. The first-order valence-electron chi connectivity index (χ1n) is 16.1. The standard InChI is InChI=1S/C33H28N6O16S4/c40-29-19-26(33(42)43)30(38-35-21-7-11-23(12-8-21)57(46,47)18-16-55-59(51,52)53)32(41)31(29)39-37-28-14-13-27(24-3-1-2-4-25(24)28)36-34-20-5-9-22(10-6-20)56(44,45)17-15-54-58(48,49)50/h1-14,19,40-41H,15-18H2,(H,42,43)(H,48,49,50)(H,51,52,53). The molecule has 26 heteroatoms. The summed E-state index contributed by atoms with van der Waals surface area (Å²) in [6, 6.07) is 20.2. The molecule has 0 aliphatic carbocycles. The van der Waals surface area contributed by atoms with E-state index in [9.17, 15) is 53.8 Å². The van der Waals surface area contributed by atoms with E-state index in [-0.39, 0.29) is 26.9 Å². The van der Waals surface area contributed by atoms with Crippen LogP contribution in [0.25, 0.3) is 10.8 Å². The molecule has 0 unspecified atom stereocenters. The lowest BCUT2D eigenvalue weighted by atomic mass is 10.1. The van der Waals surface area contributed by atoms with Crippen molar-refractivity contribution in [1.29, 1.82) is 0 Å². The summed E-state index contributed by atoms with van der Waals surface area (Å²) in [6.07, 6.45) is 0. The van der Waals surface area contributed by atoms with Crippen molar-refractivity contribution in [2.24, 2.45) is 30.7 Å². The van der Waals surface area contributed by atoms with E-state index >= 15 is 0 Å². The number of phenolic OH excluding ortho intramolecular Hbond substituents is 2. The van der Waals surface area contributed by atoms with Crippen molar-refractivity contribution in [1.82, 2.24) is 0 Å². The second-order valence-corrected chi connectivity index (χ2v) is 18.1. The van der Waals surface area contributed by atoms with E-state index < -0.39 is 99.6 Å². The molecule has 0 radical (unpaired) electrons. The second-order valence-electron chi connectivity index (χ2n) is 11.7. The molecule has 0 saturated carbocycles. The number of carbonyl (C=O) groups is 1. The van der Waals surface area contributed by atoms with Gasteiger partial charge in [0.05, 0.1) is 62.8 Å². The Balaban J connectivity index is 1.37. The first kappa shape index (κ1) is 44.0. The van der Waals surface area contributed by atoms with Crippen LogP contribution >= 0.6 is 0 Å². The second kappa shape index (κ2) is 17.8. The highest BCUT2D eigenvalue weighted by atomic mass is 32.3. The third kappa shape index (κ3) is 11.7. The molecular formula is C33H28N6O16S4. The number of benzene rings is 5. The van der Waals surface area contributed by atoms with Gasteiger partial charge in [-0.2, -0.15) is 27.1 Å². The van der Waals surface area contributed by atoms with Crippen LogP contribution in [0, 0.1) is 0 Å². The summed E-state index contributed by atoms with van der Waals surface area (Å²) >= 11 is 0. The minimum Gasteiger partial charge on any atom is -0.505 e. The normalized spacial score (nSPS) is 12.9. The molecule has 0 atom stereocenters. The van der Waals surface area contributed by atoms with Crippen LogP contribution in [0.1, 0.15) is 10.4 Å². The first-order valence-corrected chi connectivity index (χ1v) is 22.2. The van der Waals surface area contributed by atoms with Crippen molar-refractivity contribution < 1.29 is 71.3 Å². The average Bonchev–Trinajstić information content (AvgIpc) is 3.15. The Bertz CT molecular complexity index is 2960. The van der Waals surface area contributed by atoms with Gasteiger partial charge >= 0.3 is 26.8 Å². The fourth-order valence-corrected chi connectivity index (χ4v) is 7.91. The summed E-state index contributed by atoms with van der Waals surface area (Å²) in [4.78, 5) is 11.6. The van der Waals surface area contributed by atoms with Crippen LogP contribution < -0.4 is 0 Å². The molecule has 0 aliphatic heterocycles. The molecule has 22 nitrogen and oxygen atoms in total. The number of hydrogen-bond acceptors (Lipinski definition) is 19. The summed E-state index contributed by atoms with van der Waals surface area (Å²) < 4.78 is 118. The summed E-state index contributed by atoms with van der Waals surface area (Å²) in [5.74, 6) is -4.83. The molecule has 0 aromatic heterocycles. The Morgan fingerprint density at radius 1 is 0.542 bits per heavy atom. The van der Waals surface area contributed by atoms with Crippen LogP contribution in [-0.4, -0.2) is 88.8 Å². The fraction of sp³-hybridized carbons (Fsp3) is 0.121. The van der Waals surface area contributed by atoms with Gasteiger partial charge in [0.2, 0.25) is 0 Å². The molecule has 5 aromatic rings. The molecular weight excluding hydrogens is 865 g/mol. The topological polar surface area (TPSA) is 347 Å². The third-order valence-corrected chi connectivity index (χ3v) is 12.0. The number of hydrogen-bond donors (Lipinski definition) is 5. The van der Waals surface area contributed by atoms with Crippen LogP contribution in [0.5, 0.6) is 11.5 Å². The van der Waals surface area contributed by atoms with Gasteiger partial charge in [0.1, 0.15) is 11.4 Å². The number of aromatic hydroxyl groups is 2. The largest absolute Gasteiger partial charge is 0.505 e. The minimum absolute atomic E-state index is 0.0131. The van der Waals surface area contributed by atoms with E-state index in [4.69, 9.17) is 9.11 Å². The van der Waals surface area contributed by atoms with Crippen molar-refractivity contribution in [3.63, 3.8) is 0 Å². The molecule has 310 valence electrons. The van der Waals surface area contributed by atoms with E-state index in [0.29, 0.717) is 16.5 Å². The molecule has 5 aromatic carbocycles. The highest BCUT2D eigenvalue weighted by Crippen LogP contribution is 2.47. The summed E-state index contributed by atoms with van der Waals surface area (Å²) in [5.41, 5.74) is -1.11. The van der Waals surface area contributed by atoms with Gasteiger partial charge in [-0.05, 0) is 66.7 Å². The zero-order chi connectivity index (χ0) is 43.2. The zero-order valence-electron chi connectivity index (χ0n) is 29.5. The summed E-state index contributed by atoms with van der Waals surface area (Å²) in [7, 11) is -17.7. The van der Waals surface area contributed by atoms with Crippen LogP contribution in [0.2, 0.25) is 0 Å². The predicted octanol–water partition coefficient (Wildman–Crippen LogP) is 6.38. The number of carboxylic acid groups (broad SMARTS) is 1. The van der Waals surface area contributed by atoms with Gasteiger partial charge in [0.15, 0.2) is 31.1 Å². The lowest BCUT2D eigenvalue weighted by Gasteiger charge is -2.08. The fourth-order valence-electron chi connectivity index (χ4n) is 4.94. The lowest BCUT2D eigenvalue weighted by molar-refractivity contribution is 0.0696. The lowest BCUT2D eigenvalue weighted by Crippen LogP contribution is -2.15. The molecule has 0 amide bonds. The molecule has 0 bridgehead atoms. The molecule has 0 heterocycles. The Kier molecular flexibility index (Phi) is 13.3. The Hall–Kier alpha value is -6.13. The zero-order valence-corrected chi connectivity index (χ0v) is 32.8. The van der Waals surface area contributed by atoms with Crippen LogP contribution in [0.15, 0.2) is 131 Å². The minimum atomic E-state index is -4.85. The van der Waals surface area contributed by atoms with Crippen molar-refractivity contribution >= 4 is 91.3 Å². The maximum absolute atomic E-state index is 12.5. The van der Waals surface area contributed by atoms with E-state index in [2.05, 4.69) is 39.1 Å². The number of fused-ring (bicyclic) bond motifs is 1. The van der Waals surface area contributed by atoms with Gasteiger partial charge < -0.3 is 15.3 Å². The van der Waals surface area contributed by atoms with E-state index in [1.54, 1.807) is 24.3 Å². The van der Waals surface area contributed by atoms with E-state index in [0.717, 1.165) is 18.2 Å². The molecule has 0 aliphatic rings. The number of azo groups is 3. The summed E-state index contributed by atoms with van der Waals surface area (Å²) in [5, 5.41) is 56.5. The van der Waals surface area contributed by atoms with Gasteiger partial charge in [0, 0.05) is 10.8 Å². The van der Waals surface area contributed by atoms with Gasteiger partial charge in [-0.25, -0.2) is 30.0 Å². The first-order chi connectivity index (χ1) is 27.6. The smallest absolute Gasteiger partial charge is 0.397 e. The molecule has 5 N–H and O–H groups in total. The van der Waals surface area contributed by atoms with Crippen molar-refractivity contribution in [2.45, 2.75) is 9.79 Å². The maximum atomic E-state index is 12.5. The molecule has 0 saturated heterocycles. The van der Waals surface area contributed by atoms with Crippen molar-refractivity contribution in [2.75, 3.05) is 24.7 Å². The van der Waals surface area contributed by atoms with E-state index in [1.807, 2.05) is 0 Å². The highest BCUT2D eigenvalue weighted by Gasteiger charge is 2.23. The Morgan fingerprint density at radius 2 is 0.949 bits per heavy atom. The monoisotopic (exact) mass is 892 g/mol. The average molecular weight is 893 g/mol. The van der Waals surface area contributed by atoms with E-state index in [1.165, 1.54) is 48.5 Å². The van der Waals surface area contributed by atoms with Crippen LogP contribution in [-0.2, 0) is 48.8 Å². The van der Waals surface area contributed by atoms with Crippen LogP contribution in [0.3, 0.4) is 0 Å². The number of nitrogens with zero attached hydrogens (tertiary/aromatic N) is 6. The third-order valence-electron chi connectivity index (χ3n) is 7.69. The quantitative estimate of drug-likeness (QED) is 0.0499. The molecule has 0 fully saturated rings. The van der Waals surface area contributed by atoms with Crippen molar-refractivity contribution in [3.8, 4) is 11.5 Å². The highest BCUT2D eigenvalue weighted by molar-refractivity contribution is 7.91. The maximum Gasteiger partial charge on any atom is 0.397 e. The van der Waals surface area contributed by atoms with Crippen LogP contribution in [0.4, 0.5) is 34.1 Å². The van der Waals surface area contributed by atoms with Gasteiger partial charge in [-0.15, -0.1) is 20.5 Å². The molecule has 59 heavy (non-hydrogen) atoms. The molecule has 5 rings (SSSR count). The SMILES string of the molecule is O=C(O)c1cc(O)c(N=Nc2ccc(N=Nc3ccc(S(=O)(=O)CCOS(=O)(=O)O)cc3)c3ccccc23)c(O)c1N=Nc1ccc(S(=O)(=O)CCOS(=O)(=O)O)cc1. The Morgan fingerprint density at radius 3 is 1.37 bits per heavy atom. The number of carboxylic acids is 1. The van der Waals surface area contributed by atoms with Crippen molar-refractivity contribution in [3.05, 3.63) is 96.6 Å². The molecule has 0 spiro atoms. The number of aromatic carboxylic acids is 1.